The topological polar surface area (TPSA) is 50.5 Å². The normalized spacial score (nSPS) is 15.7. The number of carbonyl (C=O) groups excluding carboxylic acids is 1. The van der Waals surface area contributed by atoms with Crippen molar-refractivity contribution in [1.29, 1.82) is 0 Å². The number of carbonyl (C=O) groups is 1. The van der Waals surface area contributed by atoms with E-state index >= 15 is 0 Å². The molecule has 0 N–H and O–H groups in total. The van der Waals surface area contributed by atoms with Crippen LogP contribution in [0.25, 0.3) is 11.0 Å². The average Bonchev–Trinajstić information content (AvgIpc) is 3.06. The molecule has 1 aliphatic rings. The lowest BCUT2D eigenvalue weighted by molar-refractivity contribution is 0.0730. The molecule has 0 saturated heterocycles. The van der Waals surface area contributed by atoms with Gasteiger partial charge in [-0.2, -0.15) is 0 Å². The standard InChI is InChI=1S/C25H19NO3/c27-23-19-13-7-8-14-20(19)29-24-21(23)22(18-11-5-2-6-12-18)26(25(24)28)16-15-17-9-3-1-4-10-17/h1-14,22H,15-16H2/t22-/m1/s1. The number of nitrogens with zero attached hydrogens (tertiary/aromatic N) is 1. The highest BCUT2D eigenvalue weighted by Gasteiger charge is 2.42. The molecule has 0 radical (unpaired) electrons. The van der Waals surface area contributed by atoms with E-state index in [1.165, 1.54) is 0 Å². The third-order valence-electron chi connectivity index (χ3n) is 5.47. The van der Waals surface area contributed by atoms with Gasteiger partial charge in [0.1, 0.15) is 5.58 Å². The Morgan fingerprint density at radius 1 is 0.793 bits per heavy atom. The van der Waals surface area contributed by atoms with E-state index in [-0.39, 0.29) is 17.1 Å². The van der Waals surface area contributed by atoms with Crippen LogP contribution in [0.4, 0.5) is 0 Å². The van der Waals surface area contributed by atoms with Crippen molar-refractivity contribution in [2.45, 2.75) is 12.5 Å². The van der Waals surface area contributed by atoms with Crippen molar-refractivity contribution < 1.29 is 9.21 Å². The van der Waals surface area contributed by atoms with Crippen molar-refractivity contribution in [3.05, 3.63) is 118 Å². The van der Waals surface area contributed by atoms with Gasteiger partial charge in [-0.15, -0.1) is 0 Å². The smallest absolute Gasteiger partial charge is 0.290 e. The fourth-order valence-corrected chi connectivity index (χ4v) is 4.07. The minimum atomic E-state index is -0.441. The number of benzene rings is 3. The van der Waals surface area contributed by atoms with Gasteiger partial charge in [-0.05, 0) is 29.7 Å². The zero-order chi connectivity index (χ0) is 19.8. The van der Waals surface area contributed by atoms with E-state index in [0.29, 0.717) is 29.5 Å². The van der Waals surface area contributed by atoms with Gasteiger partial charge >= 0.3 is 0 Å². The molecule has 3 aromatic carbocycles. The molecule has 4 heteroatoms. The molecule has 0 aliphatic carbocycles. The van der Waals surface area contributed by atoms with E-state index in [0.717, 1.165) is 11.1 Å². The van der Waals surface area contributed by atoms with Gasteiger partial charge in [-0.1, -0.05) is 72.8 Å². The van der Waals surface area contributed by atoms with Gasteiger partial charge in [-0.25, -0.2) is 0 Å². The van der Waals surface area contributed by atoms with Crippen molar-refractivity contribution in [2.75, 3.05) is 6.54 Å². The van der Waals surface area contributed by atoms with Crippen molar-refractivity contribution in [2.24, 2.45) is 0 Å². The second-order valence-corrected chi connectivity index (χ2v) is 7.22. The molecule has 5 rings (SSSR count). The maximum absolute atomic E-state index is 13.3. The Kier molecular flexibility index (Phi) is 4.24. The first kappa shape index (κ1) is 17.4. The highest BCUT2D eigenvalue weighted by molar-refractivity contribution is 5.99. The zero-order valence-corrected chi connectivity index (χ0v) is 15.7. The first-order chi connectivity index (χ1) is 14.2. The summed E-state index contributed by atoms with van der Waals surface area (Å²) in [4.78, 5) is 28.4. The summed E-state index contributed by atoms with van der Waals surface area (Å²) in [5.74, 6) is -0.0664. The lowest BCUT2D eigenvalue weighted by Crippen LogP contribution is -2.31. The number of rotatable bonds is 4. The molecule has 4 aromatic rings. The molecule has 142 valence electrons. The molecule has 1 aliphatic heterocycles. The van der Waals surface area contributed by atoms with Crippen LogP contribution in [0.1, 0.15) is 33.3 Å². The minimum Gasteiger partial charge on any atom is -0.450 e. The van der Waals surface area contributed by atoms with Gasteiger partial charge in [0, 0.05) is 6.54 Å². The molecule has 1 aromatic heterocycles. The van der Waals surface area contributed by atoms with Crippen molar-refractivity contribution in [3.8, 4) is 0 Å². The molecular formula is C25H19NO3. The van der Waals surface area contributed by atoms with Crippen molar-refractivity contribution in [1.82, 2.24) is 4.90 Å². The van der Waals surface area contributed by atoms with Crippen LogP contribution in [0.5, 0.6) is 0 Å². The monoisotopic (exact) mass is 381 g/mol. The van der Waals surface area contributed by atoms with Crippen LogP contribution in [0.15, 0.2) is 94.1 Å². The van der Waals surface area contributed by atoms with Gasteiger partial charge in [0.25, 0.3) is 5.91 Å². The van der Waals surface area contributed by atoms with Crippen LogP contribution >= 0.6 is 0 Å². The Morgan fingerprint density at radius 3 is 2.21 bits per heavy atom. The molecule has 29 heavy (non-hydrogen) atoms. The summed E-state index contributed by atoms with van der Waals surface area (Å²) >= 11 is 0. The number of amides is 1. The molecule has 2 heterocycles. The molecule has 0 unspecified atom stereocenters. The van der Waals surface area contributed by atoms with Crippen LogP contribution in [-0.2, 0) is 6.42 Å². The number of fused-ring (bicyclic) bond motifs is 2. The van der Waals surface area contributed by atoms with Crippen LogP contribution in [0, 0.1) is 0 Å². The van der Waals surface area contributed by atoms with Crippen molar-refractivity contribution >= 4 is 16.9 Å². The molecule has 0 saturated carbocycles. The Labute approximate surface area is 168 Å². The van der Waals surface area contributed by atoms with Gasteiger partial charge in [0.05, 0.1) is 17.0 Å². The minimum absolute atomic E-state index is 0.133. The first-order valence-corrected chi connectivity index (χ1v) is 9.69. The number of para-hydroxylation sites is 1. The molecule has 4 nitrogen and oxygen atoms in total. The first-order valence-electron chi connectivity index (χ1n) is 9.69. The number of hydrogen-bond donors (Lipinski definition) is 0. The van der Waals surface area contributed by atoms with Crippen LogP contribution < -0.4 is 5.43 Å². The molecular weight excluding hydrogens is 362 g/mol. The Hall–Kier alpha value is -3.66. The summed E-state index contributed by atoms with van der Waals surface area (Å²) < 4.78 is 5.94. The van der Waals surface area contributed by atoms with Gasteiger partial charge in [-0.3, -0.25) is 9.59 Å². The van der Waals surface area contributed by atoms with Crippen LogP contribution in [-0.4, -0.2) is 17.4 Å². The number of hydrogen-bond acceptors (Lipinski definition) is 3. The highest BCUT2D eigenvalue weighted by atomic mass is 16.3. The quantitative estimate of drug-likeness (QED) is 0.520. The third kappa shape index (κ3) is 2.93. The zero-order valence-electron chi connectivity index (χ0n) is 15.7. The van der Waals surface area contributed by atoms with Crippen molar-refractivity contribution in [3.63, 3.8) is 0 Å². The summed E-state index contributed by atoms with van der Waals surface area (Å²) in [5, 5.41) is 0.505. The summed E-state index contributed by atoms with van der Waals surface area (Å²) in [6, 6.07) is 26.4. The third-order valence-corrected chi connectivity index (χ3v) is 5.47. The maximum atomic E-state index is 13.3. The lowest BCUT2D eigenvalue weighted by atomic mass is 9.98. The molecule has 1 amide bonds. The fourth-order valence-electron chi connectivity index (χ4n) is 4.07. The van der Waals surface area contributed by atoms with Gasteiger partial charge in [0.2, 0.25) is 5.76 Å². The second kappa shape index (κ2) is 7.06. The lowest BCUT2D eigenvalue weighted by Gasteiger charge is -2.25. The summed E-state index contributed by atoms with van der Waals surface area (Å²) in [7, 11) is 0. The Bertz CT molecular complexity index is 1250. The largest absolute Gasteiger partial charge is 0.450 e. The average molecular weight is 381 g/mol. The fraction of sp³-hybridized carbons (Fsp3) is 0.120. The predicted molar refractivity (Wildman–Crippen MR) is 112 cm³/mol. The highest BCUT2D eigenvalue weighted by Crippen LogP contribution is 2.38. The van der Waals surface area contributed by atoms with Gasteiger partial charge in [0.15, 0.2) is 5.43 Å². The molecule has 0 spiro atoms. The van der Waals surface area contributed by atoms with Crippen LogP contribution in [0.3, 0.4) is 0 Å². The van der Waals surface area contributed by atoms with E-state index in [4.69, 9.17) is 4.42 Å². The summed E-state index contributed by atoms with van der Waals surface area (Å²) in [6.07, 6.45) is 0.706. The summed E-state index contributed by atoms with van der Waals surface area (Å²) in [5.41, 5.74) is 2.81. The van der Waals surface area contributed by atoms with E-state index in [2.05, 4.69) is 0 Å². The molecule has 0 fully saturated rings. The predicted octanol–water partition coefficient (Wildman–Crippen LogP) is 4.58. The van der Waals surface area contributed by atoms with E-state index in [1.54, 1.807) is 23.1 Å². The Morgan fingerprint density at radius 2 is 1.45 bits per heavy atom. The van der Waals surface area contributed by atoms with E-state index < -0.39 is 6.04 Å². The van der Waals surface area contributed by atoms with Gasteiger partial charge < -0.3 is 9.32 Å². The summed E-state index contributed by atoms with van der Waals surface area (Å²) in [6.45, 7) is 0.502. The second-order valence-electron chi connectivity index (χ2n) is 7.22. The van der Waals surface area contributed by atoms with E-state index in [1.807, 2.05) is 66.7 Å². The molecule has 1 atom stereocenters. The SMILES string of the molecule is O=C1c2oc3ccccc3c(=O)c2[C@@H](c2ccccc2)N1CCc1ccccc1. The van der Waals surface area contributed by atoms with Crippen LogP contribution in [0.2, 0.25) is 0 Å². The molecule has 0 bridgehead atoms. The van der Waals surface area contributed by atoms with E-state index in [9.17, 15) is 9.59 Å². The Balaban J connectivity index is 1.64. The maximum Gasteiger partial charge on any atom is 0.290 e.